The van der Waals surface area contributed by atoms with E-state index in [2.05, 4.69) is 31.4 Å². The molecular weight excluding hydrogens is 463 g/mol. The Morgan fingerprint density at radius 3 is 2.83 bits per heavy atom. The molecule has 35 heavy (non-hydrogen) atoms. The molecular formula is C26H27FN6OS. The molecule has 2 unspecified atom stereocenters. The quantitative estimate of drug-likeness (QED) is 0.351. The lowest BCUT2D eigenvalue weighted by molar-refractivity contribution is 0.180. The zero-order valence-electron chi connectivity index (χ0n) is 20.1. The van der Waals surface area contributed by atoms with E-state index in [1.54, 1.807) is 23.5 Å². The zero-order chi connectivity index (χ0) is 24.5. The summed E-state index contributed by atoms with van der Waals surface area (Å²) >= 11 is 1.61. The maximum atomic E-state index is 14.5. The van der Waals surface area contributed by atoms with E-state index in [0.717, 1.165) is 39.2 Å². The van der Waals surface area contributed by atoms with Crippen LogP contribution in [0, 0.1) is 12.7 Å². The summed E-state index contributed by atoms with van der Waals surface area (Å²) in [5, 5.41) is 9.71. The summed E-state index contributed by atoms with van der Waals surface area (Å²) < 4.78 is 21.5. The molecule has 1 N–H and O–H groups in total. The van der Waals surface area contributed by atoms with Crippen molar-refractivity contribution in [1.82, 2.24) is 20.0 Å². The Bertz CT molecular complexity index is 1400. The van der Waals surface area contributed by atoms with Gasteiger partial charge in [0.2, 0.25) is 0 Å². The minimum Gasteiger partial charge on any atom is -0.488 e. The molecule has 0 radical (unpaired) electrons. The molecule has 0 aliphatic carbocycles. The number of hydrogen-bond donors (Lipinski definition) is 1. The van der Waals surface area contributed by atoms with Crippen molar-refractivity contribution >= 4 is 33.1 Å². The summed E-state index contributed by atoms with van der Waals surface area (Å²) in [7, 11) is 1.91. The smallest absolute Gasteiger partial charge is 0.165 e. The van der Waals surface area contributed by atoms with Crippen LogP contribution in [0.4, 0.5) is 10.2 Å². The van der Waals surface area contributed by atoms with E-state index >= 15 is 0 Å². The van der Waals surface area contributed by atoms with E-state index < -0.39 is 0 Å². The molecule has 2 aromatic heterocycles. The van der Waals surface area contributed by atoms with Crippen molar-refractivity contribution in [2.75, 3.05) is 19.0 Å². The molecule has 0 saturated carbocycles. The Labute approximate surface area is 207 Å². The van der Waals surface area contributed by atoms with Crippen LogP contribution in [0.5, 0.6) is 5.75 Å². The molecule has 2 atom stereocenters. The fourth-order valence-electron chi connectivity index (χ4n) is 4.23. The number of ether oxygens (including phenoxy) is 1. The monoisotopic (exact) mass is 490 g/mol. The second kappa shape index (κ2) is 9.58. The molecule has 5 rings (SSSR count). The summed E-state index contributed by atoms with van der Waals surface area (Å²) in [5.74, 6) is 1.24. The van der Waals surface area contributed by atoms with Crippen LogP contribution in [0.2, 0.25) is 0 Å². The Kier molecular flexibility index (Phi) is 6.34. The van der Waals surface area contributed by atoms with Crippen LogP contribution in [0.3, 0.4) is 0 Å². The number of benzene rings is 2. The van der Waals surface area contributed by atoms with Crippen LogP contribution in [0.1, 0.15) is 37.7 Å². The van der Waals surface area contributed by atoms with Crippen LogP contribution in [0.15, 0.2) is 53.1 Å². The largest absolute Gasteiger partial charge is 0.488 e. The summed E-state index contributed by atoms with van der Waals surface area (Å²) in [6, 6.07) is 13.0. The van der Waals surface area contributed by atoms with Gasteiger partial charge in [0.1, 0.15) is 18.2 Å². The van der Waals surface area contributed by atoms with Gasteiger partial charge in [-0.25, -0.2) is 19.3 Å². The van der Waals surface area contributed by atoms with Crippen LogP contribution >= 0.6 is 11.3 Å². The Morgan fingerprint density at radius 1 is 1.17 bits per heavy atom. The van der Waals surface area contributed by atoms with Crippen molar-refractivity contribution in [2.24, 2.45) is 5.10 Å². The average molecular weight is 491 g/mol. The predicted octanol–water partition coefficient (Wildman–Crippen LogP) is 5.83. The third-order valence-electron chi connectivity index (χ3n) is 6.10. The van der Waals surface area contributed by atoms with Crippen molar-refractivity contribution in [3.8, 4) is 17.0 Å². The van der Waals surface area contributed by atoms with Crippen molar-refractivity contribution in [3.05, 3.63) is 65.2 Å². The molecule has 3 heterocycles. The maximum Gasteiger partial charge on any atom is 0.165 e. The van der Waals surface area contributed by atoms with E-state index in [1.807, 2.05) is 56.5 Å². The van der Waals surface area contributed by atoms with Gasteiger partial charge in [0, 0.05) is 30.8 Å². The molecule has 0 saturated heterocycles. The summed E-state index contributed by atoms with van der Waals surface area (Å²) in [4.78, 5) is 13.5. The molecule has 1 aliphatic heterocycles. The van der Waals surface area contributed by atoms with Gasteiger partial charge in [0.15, 0.2) is 11.6 Å². The van der Waals surface area contributed by atoms with Crippen molar-refractivity contribution in [1.29, 1.82) is 0 Å². The highest BCUT2D eigenvalue weighted by atomic mass is 32.1. The minimum absolute atomic E-state index is 0.111. The van der Waals surface area contributed by atoms with Gasteiger partial charge in [-0.3, -0.25) is 5.01 Å². The predicted molar refractivity (Wildman–Crippen MR) is 139 cm³/mol. The van der Waals surface area contributed by atoms with E-state index in [9.17, 15) is 4.39 Å². The van der Waals surface area contributed by atoms with E-state index in [0.29, 0.717) is 18.2 Å². The number of aryl methyl sites for hydroxylation is 1. The Hall–Kier alpha value is -3.59. The molecule has 2 aromatic carbocycles. The van der Waals surface area contributed by atoms with Gasteiger partial charge in [-0.05, 0) is 50.6 Å². The average Bonchev–Trinajstić information content (AvgIpc) is 3.42. The van der Waals surface area contributed by atoms with Crippen molar-refractivity contribution < 1.29 is 9.13 Å². The van der Waals surface area contributed by atoms with Gasteiger partial charge in [-0.2, -0.15) is 5.10 Å². The van der Waals surface area contributed by atoms with Gasteiger partial charge in [-0.15, -0.1) is 11.3 Å². The molecule has 4 aromatic rings. The highest BCUT2D eigenvalue weighted by Crippen LogP contribution is 2.29. The third-order valence-corrected chi connectivity index (χ3v) is 6.90. The van der Waals surface area contributed by atoms with Gasteiger partial charge >= 0.3 is 0 Å². The number of halogens is 1. The second-order valence-electron chi connectivity index (χ2n) is 8.85. The first-order chi connectivity index (χ1) is 16.9. The first kappa shape index (κ1) is 23.2. The van der Waals surface area contributed by atoms with Crippen molar-refractivity contribution in [2.45, 2.75) is 39.3 Å². The molecule has 7 nitrogen and oxygen atoms in total. The van der Waals surface area contributed by atoms with Gasteiger partial charge < -0.3 is 10.1 Å². The topological polar surface area (TPSA) is 75.5 Å². The van der Waals surface area contributed by atoms with Gasteiger partial charge in [-0.1, -0.05) is 12.1 Å². The number of nitrogens with zero attached hydrogens (tertiary/aromatic N) is 5. The van der Waals surface area contributed by atoms with E-state index in [1.165, 1.54) is 6.07 Å². The van der Waals surface area contributed by atoms with Crippen LogP contribution < -0.4 is 10.1 Å². The highest BCUT2D eigenvalue weighted by Gasteiger charge is 2.22. The second-order valence-corrected chi connectivity index (χ2v) is 9.74. The maximum absolute atomic E-state index is 14.5. The van der Waals surface area contributed by atoms with E-state index in [-0.39, 0.29) is 23.7 Å². The highest BCUT2D eigenvalue weighted by molar-refractivity contribution is 7.16. The normalized spacial score (nSPS) is 16.4. The first-order valence-electron chi connectivity index (χ1n) is 11.5. The van der Waals surface area contributed by atoms with E-state index in [4.69, 9.17) is 4.74 Å². The molecule has 0 bridgehead atoms. The first-order valence-corrected chi connectivity index (χ1v) is 12.4. The number of fused-ring (bicyclic) bond motifs is 1. The number of likely N-dealkylation sites (N-methyl/N-ethyl adjacent to an activating group) is 1. The van der Waals surface area contributed by atoms with Gasteiger partial charge in [0.05, 0.1) is 33.5 Å². The minimum atomic E-state index is -0.377. The number of nitrogens with one attached hydrogen (secondary N) is 1. The Morgan fingerprint density at radius 2 is 2.03 bits per heavy atom. The van der Waals surface area contributed by atoms with Crippen LogP contribution in [0.25, 0.3) is 21.5 Å². The number of hydrogen-bond acceptors (Lipinski definition) is 8. The summed E-state index contributed by atoms with van der Waals surface area (Å²) in [5.41, 5.74) is 6.63. The lowest BCUT2D eigenvalue weighted by atomic mass is 10.1. The zero-order valence-corrected chi connectivity index (χ0v) is 20.9. The fourth-order valence-corrected chi connectivity index (χ4v) is 4.94. The molecule has 180 valence electrons. The Balaban J connectivity index is 1.32. The molecule has 0 fully saturated rings. The fraction of sp³-hybridized carbons (Fsp3) is 0.308. The number of aromatic nitrogens is 3. The molecule has 9 heteroatoms. The molecule has 0 spiro atoms. The standard InChI is InChI=1S/C26H27FN6OS/c1-15-9-20(33(4)32-15)13-34-24-10-18(5-7-21(24)27)16(2)29-26-12-23(30-17(3)31-26)19-6-8-22-25(11-19)35-14-28-22/h5-8,10-12,14,16,20H,9,13H2,1-4H3,(H,29,30,31). The van der Waals surface area contributed by atoms with Crippen molar-refractivity contribution in [3.63, 3.8) is 0 Å². The van der Waals surface area contributed by atoms with Gasteiger partial charge in [0.25, 0.3) is 0 Å². The molecule has 1 aliphatic rings. The summed E-state index contributed by atoms with van der Waals surface area (Å²) in [6.07, 6.45) is 0.821. The third kappa shape index (κ3) is 5.09. The molecule has 0 amide bonds. The van der Waals surface area contributed by atoms with Crippen LogP contribution in [-0.4, -0.2) is 45.4 Å². The number of anilines is 1. The number of hydrazone groups is 1. The number of rotatable bonds is 7. The summed E-state index contributed by atoms with van der Waals surface area (Å²) in [6.45, 7) is 6.25. The van der Waals surface area contributed by atoms with Crippen LogP contribution in [-0.2, 0) is 0 Å². The SMILES string of the molecule is CC1=NN(C)C(COc2cc(C(C)Nc3cc(-c4ccc5ncsc5c4)nc(C)n3)ccc2F)C1. The lowest BCUT2D eigenvalue weighted by Crippen LogP contribution is -2.29. The lowest BCUT2D eigenvalue weighted by Gasteiger charge is -2.20. The number of thiazole rings is 1.